The topological polar surface area (TPSA) is 72.5 Å². The average molecular weight is 387 g/mol. The van der Waals surface area contributed by atoms with Gasteiger partial charge in [0, 0.05) is 23.1 Å². The van der Waals surface area contributed by atoms with Crippen molar-refractivity contribution in [2.45, 2.75) is 12.5 Å². The van der Waals surface area contributed by atoms with Gasteiger partial charge in [0.25, 0.3) is 5.91 Å². The van der Waals surface area contributed by atoms with E-state index in [4.69, 9.17) is 4.74 Å². The monoisotopic (exact) mass is 387 g/mol. The van der Waals surface area contributed by atoms with Crippen molar-refractivity contribution in [1.29, 1.82) is 0 Å². The van der Waals surface area contributed by atoms with Crippen LogP contribution in [0.4, 0.5) is 0 Å². The van der Waals surface area contributed by atoms with Crippen LogP contribution in [0.15, 0.2) is 84.9 Å². The predicted molar refractivity (Wildman–Crippen MR) is 110 cm³/mol. The summed E-state index contributed by atoms with van der Waals surface area (Å²) in [6, 6.07) is 23.9. The van der Waals surface area contributed by atoms with Gasteiger partial charge in [0.1, 0.15) is 6.04 Å². The normalized spacial score (nSPS) is 11.3. The van der Waals surface area contributed by atoms with Crippen LogP contribution in [0.2, 0.25) is 0 Å². The summed E-state index contributed by atoms with van der Waals surface area (Å²) in [4.78, 5) is 37.1. The summed E-state index contributed by atoms with van der Waals surface area (Å²) in [5, 5.41) is 2.72. The quantitative estimate of drug-likeness (QED) is 0.498. The highest BCUT2D eigenvalue weighted by molar-refractivity contribution is 6.08. The zero-order chi connectivity index (χ0) is 20.6. The summed E-state index contributed by atoms with van der Waals surface area (Å²) >= 11 is 0. The molecule has 3 rings (SSSR count). The van der Waals surface area contributed by atoms with Gasteiger partial charge in [0.2, 0.25) is 0 Å². The second-order valence-corrected chi connectivity index (χ2v) is 6.51. The molecule has 1 N–H and O–H groups in total. The third kappa shape index (κ3) is 5.17. The standard InChI is InChI=1S/C24H21NO4/c1-29-24(28)21(25-23(27)20-10-6-3-7-11-20)16-17-12-14-19(15-13-17)22(26)18-8-4-2-5-9-18/h2-15,21H,16H2,1H3,(H,25,27)/t21-/m0/s1. The van der Waals surface area contributed by atoms with E-state index < -0.39 is 12.0 Å². The highest BCUT2D eigenvalue weighted by Crippen LogP contribution is 2.13. The number of amides is 1. The zero-order valence-electron chi connectivity index (χ0n) is 16.0. The molecule has 0 aliphatic carbocycles. The summed E-state index contributed by atoms with van der Waals surface area (Å²) in [7, 11) is 1.28. The summed E-state index contributed by atoms with van der Waals surface area (Å²) in [6.07, 6.45) is 0.255. The molecule has 3 aromatic carbocycles. The Labute approximate surface area is 169 Å². The van der Waals surface area contributed by atoms with Crippen LogP contribution in [-0.4, -0.2) is 30.8 Å². The van der Waals surface area contributed by atoms with Gasteiger partial charge in [-0.3, -0.25) is 9.59 Å². The lowest BCUT2D eigenvalue weighted by Crippen LogP contribution is -2.43. The molecule has 0 heterocycles. The van der Waals surface area contributed by atoms with Crippen LogP contribution < -0.4 is 5.32 Å². The minimum Gasteiger partial charge on any atom is -0.467 e. The number of esters is 1. The Morgan fingerprint density at radius 3 is 1.83 bits per heavy atom. The molecule has 3 aromatic rings. The van der Waals surface area contributed by atoms with Crippen molar-refractivity contribution in [3.8, 4) is 0 Å². The Kier molecular flexibility index (Phi) is 6.53. The molecule has 0 fully saturated rings. The van der Waals surface area contributed by atoms with Crippen LogP contribution in [0.25, 0.3) is 0 Å². The Morgan fingerprint density at radius 2 is 1.28 bits per heavy atom. The molecule has 0 saturated heterocycles. The fourth-order valence-corrected chi connectivity index (χ4v) is 2.95. The number of nitrogens with one attached hydrogen (secondary N) is 1. The lowest BCUT2D eigenvalue weighted by Gasteiger charge is -2.17. The van der Waals surface area contributed by atoms with E-state index in [9.17, 15) is 14.4 Å². The van der Waals surface area contributed by atoms with Crippen molar-refractivity contribution in [1.82, 2.24) is 5.32 Å². The van der Waals surface area contributed by atoms with Crippen molar-refractivity contribution in [2.75, 3.05) is 7.11 Å². The van der Waals surface area contributed by atoms with Crippen molar-refractivity contribution >= 4 is 17.7 Å². The van der Waals surface area contributed by atoms with Gasteiger partial charge in [-0.15, -0.1) is 0 Å². The number of ketones is 1. The number of methoxy groups -OCH3 is 1. The molecule has 1 amide bonds. The summed E-state index contributed by atoms with van der Waals surface area (Å²) in [5.74, 6) is -0.949. The van der Waals surface area contributed by atoms with E-state index in [1.807, 2.05) is 24.3 Å². The van der Waals surface area contributed by atoms with Gasteiger partial charge in [0.05, 0.1) is 7.11 Å². The molecular formula is C24H21NO4. The third-order valence-electron chi connectivity index (χ3n) is 4.52. The second-order valence-electron chi connectivity index (χ2n) is 6.51. The molecule has 5 nitrogen and oxygen atoms in total. The van der Waals surface area contributed by atoms with Crippen LogP contribution in [0, 0.1) is 0 Å². The maximum absolute atomic E-state index is 12.5. The zero-order valence-corrected chi connectivity index (χ0v) is 16.0. The van der Waals surface area contributed by atoms with Crippen LogP contribution in [0.5, 0.6) is 0 Å². The molecule has 0 unspecified atom stereocenters. The smallest absolute Gasteiger partial charge is 0.328 e. The molecule has 0 saturated carbocycles. The van der Waals surface area contributed by atoms with Gasteiger partial charge in [-0.05, 0) is 17.7 Å². The van der Waals surface area contributed by atoms with Gasteiger partial charge in [-0.25, -0.2) is 4.79 Å². The highest BCUT2D eigenvalue weighted by Gasteiger charge is 2.22. The fraction of sp³-hybridized carbons (Fsp3) is 0.125. The molecule has 5 heteroatoms. The first-order valence-corrected chi connectivity index (χ1v) is 9.21. The van der Waals surface area contributed by atoms with E-state index in [2.05, 4.69) is 5.32 Å². The molecule has 29 heavy (non-hydrogen) atoms. The van der Waals surface area contributed by atoms with E-state index >= 15 is 0 Å². The first-order valence-electron chi connectivity index (χ1n) is 9.21. The highest BCUT2D eigenvalue weighted by atomic mass is 16.5. The van der Waals surface area contributed by atoms with E-state index in [0.29, 0.717) is 16.7 Å². The number of carbonyl (C=O) groups excluding carboxylic acids is 3. The number of hydrogen-bond acceptors (Lipinski definition) is 4. The van der Waals surface area contributed by atoms with Crippen molar-refractivity contribution in [3.63, 3.8) is 0 Å². The number of benzene rings is 3. The van der Waals surface area contributed by atoms with Crippen LogP contribution in [0.1, 0.15) is 31.8 Å². The van der Waals surface area contributed by atoms with Crippen LogP contribution in [0.3, 0.4) is 0 Å². The maximum atomic E-state index is 12.5. The summed E-state index contributed by atoms with van der Waals surface area (Å²) < 4.78 is 4.83. The molecule has 0 spiro atoms. The lowest BCUT2D eigenvalue weighted by molar-refractivity contribution is -0.142. The lowest BCUT2D eigenvalue weighted by atomic mass is 9.99. The SMILES string of the molecule is COC(=O)[C@H](Cc1ccc(C(=O)c2ccccc2)cc1)NC(=O)c1ccccc1. The van der Waals surface area contributed by atoms with Crippen molar-refractivity contribution < 1.29 is 19.1 Å². The third-order valence-corrected chi connectivity index (χ3v) is 4.52. The largest absolute Gasteiger partial charge is 0.467 e. The maximum Gasteiger partial charge on any atom is 0.328 e. The van der Waals surface area contributed by atoms with Crippen molar-refractivity contribution in [3.05, 3.63) is 107 Å². The summed E-state index contributed by atoms with van der Waals surface area (Å²) in [6.45, 7) is 0. The van der Waals surface area contributed by atoms with Gasteiger partial charge < -0.3 is 10.1 Å². The van der Waals surface area contributed by atoms with Gasteiger partial charge in [-0.1, -0.05) is 72.8 Å². The van der Waals surface area contributed by atoms with Gasteiger partial charge in [-0.2, -0.15) is 0 Å². The van der Waals surface area contributed by atoms with E-state index in [1.165, 1.54) is 7.11 Å². The number of ether oxygens (including phenoxy) is 1. The van der Waals surface area contributed by atoms with E-state index in [0.717, 1.165) is 5.56 Å². The number of rotatable bonds is 7. The Balaban J connectivity index is 1.72. The molecule has 0 radical (unpaired) electrons. The van der Waals surface area contributed by atoms with Crippen LogP contribution in [-0.2, 0) is 16.0 Å². The molecule has 146 valence electrons. The van der Waals surface area contributed by atoms with E-state index in [-0.39, 0.29) is 18.1 Å². The molecule has 0 aliphatic rings. The molecule has 0 aromatic heterocycles. The van der Waals surface area contributed by atoms with E-state index in [1.54, 1.807) is 60.7 Å². The first kappa shape index (κ1) is 20.0. The fourth-order valence-electron chi connectivity index (χ4n) is 2.95. The number of hydrogen-bond donors (Lipinski definition) is 1. The van der Waals surface area contributed by atoms with Crippen molar-refractivity contribution in [2.24, 2.45) is 0 Å². The van der Waals surface area contributed by atoms with Gasteiger partial charge >= 0.3 is 5.97 Å². The Morgan fingerprint density at radius 1 is 0.759 bits per heavy atom. The molecular weight excluding hydrogens is 366 g/mol. The Hall–Kier alpha value is -3.73. The average Bonchev–Trinajstić information content (AvgIpc) is 2.79. The minimum atomic E-state index is -0.830. The molecule has 0 bridgehead atoms. The minimum absolute atomic E-state index is 0.0703. The van der Waals surface area contributed by atoms with Crippen LogP contribution >= 0.6 is 0 Å². The predicted octanol–water partition coefficient (Wildman–Crippen LogP) is 3.43. The first-order chi connectivity index (χ1) is 14.1. The molecule has 0 aliphatic heterocycles. The van der Waals surface area contributed by atoms with Gasteiger partial charge in [0.15, 0.2) is 5.78 Å². The number of carbonyl (C=O) groups is 3. The second kappa shape index (κ2) is 9.46. The summed E-state index contributed by atoms with van der Waals surface area (Å²) in [5.41, 5.74) is 2.44. The molecule has 1 atom stereocenters. The Bertz CT molecular complexity index is 982.